The van der Waals surface area contributed by atoms with E-state index in [0.29, 0.717) is 0 Å². The van der Waals surface area contributed by atoms with Crippen molar-refractivity contribution >= 4 is 23.9 Å². The fourth-order valence-electron chi connectivity index (χ4n) is 1.75. The fraction of sp³-hybridized carbons (Fsp3) is 0.357. The van der Waals surface area contributed by atoms with Gasteiger partial charge in [-0.2, -0.15) is 5.10 Å². The third kappa shape index (κ3) is 3.89. The molecule has 2 aromatic rings. The van der Waals surface area contributed by atoms with E-state index >= 15 is 0 Å². The van der Waals surface area contributed by atoms with Gasteiger partial charge in [0.05, 0.1) is 0 Å². The molecule has 0 aliphatic carbocycles. The molecule has 0 bridgehead atoms. The Morgan fingerprint density at radius 2 is 1.84 bits per heavy atom. The lowest BCUT2D eigenvalue weighted by Gasteiger charge is -2.12. The summed E-state index contributed by atoms with van der Waals surface area (Å²) >= 11 is 0. The molecule has 0 atom stereocenters. The number of rotatable bonds is 4. The van der Waals surface area contributed by atoms with Crippen LogP contribution in [0.3, 0.4) is 0 Å². The number of halogens is 1. The van der Waals surface area contributed by atoms with E-state index in [1.165, 1.54) is 11.3 Å². The van der Waals surface area contributed by atoms with Crippen molar-refractivity contribution in [2.75, 3.05) is 24.3 Å². The maximum atomic E-state index is 4.37. The molecule has 0 amide bonds. The maximum Gasteiger partial charge on any atom is 0.148 e. The Hall–Kier alpha value is -1.68. The highest BCUT2D eigenvalue weighted by Gasteiger charge is 2.01. The van der Waals surface area contributed by atoms with Crippen LogP contribution in [0.1, 0.15) is 11.3 Å². The maximum absolute atomic E-state index is 4.37. The lowest BCUT2D eigenvalue weighted by molar-refractivity contribution is 0.741. The first-order valence-electron chi connectivity index (χ1n) is 6.07. The molecule has 0 aliphatic rings. The van der Waals surface area contributed by atoms with Crippen LogP contribution in [-0.4, -0.2) is 23.9 Å². The van der Waals surface area contributed by atoms with Gasteiger partial charge in [-0.1, -0.05) is 12.1 Å². The van der Waals surface area contributed by atoms with Gasteiger partial charge in [-0.05, 0) is 24.6 Å². The van der Waals surface area contributed by atoms with E-state index in [4.69, 9.17) is 0 Å². The number of hydrogen-bond acceptors (Lipinski definition) is 3. The molecule has 0 spiro atoms. The quantitative estimate of drug-likeness (QED) is 0.935. The smallest absolute Gasteiger partial charge is 0.148 e. The SMILES string of the molecule is Cc1cc(NCc2ccc(N(C)C)cc2)nn1C.Cl. The van der Waals surface area contributed by atoms with Gasteiger partial charge in [0.1, 0.15) is 5.82 Å². The summed E-state index contributed by atoms with van der Waals surface area (Å²) in [4.78, 5) is 2.10. The van der Waals surface area contributed by atoms with Crippen molar-refractivity contribution in [3.63, 3.8) is 0 Å². The van der Waals surface area contributed by atoms with Gasteiger partial charge in [0.2, 0.25) is 0 Å². The average molecular weight is 281 g/mol. The number of aromatic nitrogens is 2. The van der Waals surface area contributed by atoms with Gasteiger partial charge in [-0.25, -0.2) is 0 Å². The lowest BCUT2D eigenvalue weighted by Crippen LogP contribution is -2.08. The molecule has 0 fully saturated rings. The van der Waals surface area contributed by atoms with Crippen LogP contribution >= 0.6 is 12.4 Å². The molecule has 1 N–H and O–H groups in total. The second-order valence-corrected chi connectivity index (χ2v) is 4.71. The van der Waals surface area contributed by atoms with E-state index in [1.807, 2.05) is 38.8 Å². The summed E-state index contributed by atoms with van der Waals surface area (Å²) in [5, 5.41) is 7.69. The van der Waals surface area contributed by atoms with E-state index in [9.17, 15) is 0 Å². The lowest BCUT2D eigenvalue weighted by atomic mass is 10.2. The zero-order chi connectivity index (χ0) is 13.1. The first-order valence-corrected chi connectivity index (χ1v) is 6.07. The molecule has 5 heteroatoms. The van der Waals surface area contributed by atoms with Crippen LogP contribution in [0.2, 0.25) is 0 Å². The highest BCUT2D eigenvalue weighted by atomic mass is 35.5. The molecule has 0 saturated carbocycles. The third-order valence-electron chi connectivity index (χ3n) is 3.04. The van der Waals surface area contributed by atoms with Crippen molar-refractivity contribution in [2.24, 2.45) is 7.05 Å². The monoisotopic (exact) mass is 280 g/mol. The molecule has 2 rings (SSSR count). The summed E-state index contributed by atoms with van der Waals surface area (Å²) in [5.74, 6) is 0.923. The van der Waals surface area contributed by atoms with Gasteiger partial charge in [-0.3, -0.25) is 4.68 Å². The molecule has 0 unspecified atom stereocenters. The Morgan fingerprint density at radius 1 is 1.21 bits per heavy atom. The molecule has 0 saturated heterocycles. The predicted molar refractivity (Wildman–Crippen MR) is 83.3 cm³/mol. The number of aryl methyl sites for hydroxylation is 2. The van der Waals surface area contributed by atoms with Gasteiger partial charge in [0, 0.05) is 45.1 Å². The summed E-state index contributed by atoms with van der Waals surface area (Å²) in [6.07, 6.45) is 0. The van der Waals surface area contributed by atoms with Crippen LogP contribution in [0.25, 0.3) is 0 Å². The Bertz CT molecular complexity index is 497. The van der Waals surface area contributed by atoms with Gasteiger partial charge >= 0.3 is 0 Å². The van der Waals surface area contributed by atoms with Crippen molar-refractivity contribution in [3.8, 4) is 0 Å². The zero-order valence-corrected chi connectivity index (χ0v) is 12.7. The van der Waals surface area contributed by atoms with Crippen LogP contribution in [0.5, 0.6) is 0 Å². The van der Waals surface area contributed by atoms with E-state index in [1.54, 1.807) is 0 Å². The minimum atomic E-state index is 0. The number of anilines is 2. The molecule has 0 aliphatic heterocycles. The number of hydrogen-bond donors (Lipinski definition) is 1. The molecule has 1 aromatic carbocycles. The van der Waals surface area contributed by atoms with Gasteiger partial charge in [0.25, 0.3) is 0 Å². The zero-order valence-electron chi connectivity index (χ0n) is 11.8. The van der Waals surface area contributed by atoms with E-state index in [0.717, 1.165) is 18.1 Å². The Kier molecular flexibility index (Phi) is 5.24. The second-order valence-electron chi connectivity index (χ2n) is 4.71. The van der Waals surface area contributed by atoms with Crippen molar-refractivity contribution in [1.29, 1.82) is 0 Å². The van der Waals surface area contributed by atoms with E-state index < -0.39 is 0 Å². The minimum Gasteiger partial charge on any atom is -0.378 e. The molecular formula is C14H21ClN4. The largest absolute Gasteiger partial charge is 0.378 e. The van der Waals surface area contributed by atoms with Crippen molar-refractivity contribution in [2.45, 2.75) is 13.5 Å². The first kappa shape index (κ1) is 15.4. The molecule has 0 radical (unpaired) electrons. The van der Waals surface area contributed by atoms with Crippen molar-refractivity contribution in [3.05, 3.63) is 41.6 Å². The molecule has 1 aromatic heterocycles. The number of benzene rings is 1. The molecular weight excluding hydrogens is 260 g/mol. The van der Waals surface area contributed by atoms with Crippen LogP contribution in [0.15, 0.2) is 30.3 Å². The summed E-state index contributed by atoms with van der Waals surface area (Å²) in [6, 6.07) is 10.6. The summed E-state index contributed by atoms with van der Waals surface area (Å²) in [6.45, 7) is 2.84. The average Bonchev–Trinajstić information content (AvgIpc) is 2.67. The van der Waals surface area contributed by atoms with E-state index in [2.05, 4.69) is 39.6 Å². The molecule has 104 valence electrons. The Balaban J connectivity index is 0.00000180. The van der Waals surface area contributed by atoms with Gasteiger partial charge in [-0.15, -0.1) is 12.4 Å². The predicted octanol–water partition coefficient (Wildman–Crippen LogP) is 2.83. The van der Waals surface area contributed by atoms with Crippen LogP contribution < -0.4 is 10.2 Å². The van der Waals surface area contributed by atoms with Crippen LogP contribution in [0.4, 0.5) is 11.5 Å². The topological polar surface area (TPSA) is 33.1 Å². The molecule has 19 heavy (non-hydrogen) atoms. The Morgan fingerprint density at radius 3 is 2.32 bits per heavy atom. The summed E-state index contributed by atoms with van der Waals surface area (Å²) in [7, 11) is 6.04. The minimum absolute atomic E-state index is 0. The number of nitrogens with one attached hydrogen (secondary N) is 1. The summed E-state index contributed by atoms with van der Waals surface area (Å²) < 4.78 is 1.87. The second kappa shape index (κ2) is 6.48. The van der Waals surface area contributed by atoms with Crippen molar-refractivity contribution < 1.29 is 0 Å². The highest BCUT2D eigenvalue weighted by molar-refractivity contribution is 5.85. The normalized spacial score (nSPS) is 9.89. The fourth-order valence-corrected chi connectivity index (χ4v) is 1.75. The van der Waals surface area contributed by atoms with E-state index in [-0.39, 0.29) is 12.4 Å². The van der Waals surface area contributed by atoms with Gasteiger partial charge < -0.3 is 10.2 Å². The summed E-state index contributed by atoms with van der Waals surface area (Å²) in [5.41, 5.74) is 3.62. The number of nitrogens with zero attached hydrogens (tertiary/aromatic N) is 3. The van der Waals surface area contributed by atoms with Crippen molar-refractivity contribution in [1.82, 2.24) is 9.78 Å². The highest BCUT2D eigenvalue weighted by Crippen LogP contribution is 2.14. The molecule has 1 heterocycles. The third-order valence-corrected chi connectivity index (χ3v) is 3.04. The standard InChI is InChI=1S/C14H20N4.ClH/c1-11-9-14(16-18(11)4)15-10-12-5-7-13(8-6-12)17(2)3;/h5-9H,10H2,1-4H3,(H,15,16);1H. The Labute approximate surface area is 120 Å². The molecule has 4 nitrogen and oxygen atoms in total. The van der Waals surface area contributed by atoms with Crippen LogP contribution in [0, 0.1) is 6.92 Å². The van der Waals surface area contributed by atoms with Gasteiger partial charge in [0.15, 0.2) is 0 Å². The first-order chi connectivity index (χ1) is 8.56. The van der Waals surface area contributed by atoms with Crippen LogP contribution in [-0.2, 0) is 13.6 Å².